The lowest BCUT2D eigenvalue weighted by Crippen LogP contribution is -2.39. The average Bonchev–Trinajstić information content (AvgIpc) is 1.67. The van der Waals surface area contributed by atoms with Crippen LogP contribution in [0.2, 0.25) is 0 Å². The molecule has 0 bridgehead atoms. The molecule has 0 spiro atoms. The van der Waals surface area contributed by atoms with Gasteiger partial charge in [0.1, 0.15) is 6.33 Å². The number of likely N-dealkylation sites (tertiary alicyclic amines) is 1. The molecule has 2 aliphatic heterocycles. The van der Waals surface area contributed by atoms with Gasteiger partial charge in [0, 0.05) is 73.1 Å². The van der Waals surface area contributed by atoms with E-state index in [0.29, 0.717) is 41.6 Å². The molecule has 0 radical (unpaired) electrons. The lowest BCUT2D eigenvalue weighted by molar-refractivity contribution is -0.172. The van der Waals surface area contributed by atoms with Crippen LogP contribution < -0.4 is 5.76 Å². The molecular formula is C66H105N25O4. The molecule has 0 aliphatic carbocycles. The van der Waals surface area contributed by atoms with Crippen LogP contribution in [0.4, 0.5) is 0 Å². The Balaban J connectivity index is 0.000000241. The minimum atomic E-state index is -0.691. The van der Waals surface area contributed by atoms with Gasteiger partial charge in [-0.05, 0) is 128 Å². The molecule has 2 saturated heterocycles. The number of aromatic nitrogens is 24. The molecule has 95 heavy (non-hydrogen) atoms. The summed E-state index contributed by atoms with van der Waals surface area (Å²) in [5.74, 6) is 5.06. The monoisotopic (exact) mass is 1310 g/mol. The van der Waals surface area contributed by atoms with Gasteiger partial charge in [0.2, 0.25) is 0 Å². The van der Waals surface area contributed by atoms with Crippen LogP contribution >= 0.6 is 0 Å². The summed E-state index contributed by atoms with van der Waals surface area (Å²) in [6.45, 7) is 43.4. The van der Waals surface area contributed by atoms with Crippen molar-refractivity contribution in [1.82, 2.24) is 126 Å². The second kappa shape index (κ2) is 40.3. The highest BCUT2D eigenvalue weighted by atomic mass is 16.7. The Labute approximate surface area is 559 Å². The zero-order valence-electron chi connectivity index (χ0n) is 59.8. The molecule has 29 heteroatoms. The fraction of sp³-hybridized carbons (Fsp3) is 0.576. The Kier molecular flexibility index (Phi) is 33.3. The minimum Gasteiger partial charge on any atom is -0.348 e. The molecule has 518 valence electrons. The molecule has 12 rings (SSSR count). The summed E-state index contributed by atoms with van der Waals surface area (Å²) in [4.78, 5) is 18.5. The van der Waals surface area contributed by atoms with E-state index in [2.05, 4.69) is 244 Å². The number of H-pyrrole nitrogens is 2. The number of nitrogens with zero attached hydrogens (tertiary/aromatic N) is 23. The van der Waals surface area contributed by atoms with Crippen molar-refractivity contribution in [3.63, 3.8) is 0 Å². The van der Waals surface area contributed by atoms with Crippen LogP contribution in [-0.2, 0) is 29.1 Å². The van der Waals surface area contributed by atoms with Crippen LogP contribution in [-0.4, -0.2) is 164 Å². The van der Waals surface area contributed by atoms with Crippen molar-refractivity contribution in [2.45, 2.75) is 203 Å². The highest BCUT2D eigenvalue weighted by Crippen LogP contribution is 2.39. The summed E-state index contributed by atoms with van der Waals surface area (Å²) in [5, 5.41) is 67.6. The number of aryl methyl sites for hydroxylation is 2. The minimum absolute atomic E-state index is 0.207. The third-order valence-corrected chi connectivity index (χ3v) is 14.6. The Hall–Kier alpha value is -8.96. The largest absolute Gasteiger partial charge is 0.438 e. The molecule has 0 saturated carbocycles. The van der Waals surface area contributed by atoms with Crippen molar-refractivity contribution in [1.29, 1.82) is 0 Å². The number of aromatic amines is 2. The van der Waals surface area contributed by atoms with Gasteiger partial charge >= 0.3 is 5.76 Å². The summed E-state index contributed by atoms with van der Waals surface area (Å²) in [5.41, 5.74) is 2.59. The van der Waals surface area contributed by atoms with E-state index in [1.807, 2.05) is 105 Å². The highest BCUT2D eigenvalue weighted by Gasteiger charge is 2.41. The van der Waals surface area contributed by atoms with Gasteiger partial charge in [-0.2, -0.15) is 15.1 Å². The third-order valence-electron chi connectivity index (χ3n) is 14.6. The smallest absolute Gasteiger partial charge is 0.348 e. The number of ether oxygens (including phenoxy) is 2. The number of hydrogen-bond donors (Lipinski definition) is 2. The van der Waals surface area contributed by atoms with Gasteiger partial charge in [-0.15, -0.1) is 45.6 Å². The normalized spacial score (nSPS) is 13.3. The second-order valence-corrected chi connectivity index (χ2v) is 25.2. The second-order valence-electron chi connectivity index (χ2n) is 25.2. The summed E-state index contributed by atoms with van der Waals surface area (Å²) < 4.78 is 20.3. The predicted octanol–water partition coefficient (Wildman–Crippen LogP) is 10.7. The van der Waals surface area contributed by atoms with Crippen LogP contribution in [0.5, 0.6) is 0 Å². The van der Waals surface area contributed by atoms with Crippen molar-refractivity contribution >= 4 is 0 Å². The topological polar surface area (TPSA) is 327 Å². The van der Waals surface area contributed by atoms with Crippen molar-refractivity contribution in [2.24, 2.45) is 20.0 Å². The van der Waals surface area contributed by atoms with E-state index in [4.69, 9.17) is 14.6 Å². The van der Waals surface area contributed by atoms with Gasteiger partial charge in [0.05, 0.1) is 20.3 Å². The summed E-state index contributed by atoms with van der Waals surface area (Å²) in [7, 11) is 3.61. The average molecular weight is 1310 g/mol. The maximum Gasteiger partial charge on any atom is 0.438 e. The Morgan fingerprint density at radius 1 is 0.547 bits per heavy atom. The maximum absolute atomic E-state index is 10.3. The van der Waals surface area contributed by atoms with Crippen LogP contribution in [0, 0.1) is 5.92 Å². The van der Waals surface area contributed by atoms with E-state index in [1.165, 1.54) is 30.7 Å². The van der Waals surface area contributed by atoms with E-state index < -0.39 is 11.3 Å². The predicted molar refractivity (Wildman–Crippen MR) is 364 cm³/mol. The van der Waals surface area contributed by atoms with Crippen LogP contribution in [0.25, 0.3) is 0 Å². The van der Waals surface area contributed by atoms with Gasteiger partial charge < -0.3 is 14.4 Å². The van der Waals surface area contributed by atoms with Gasteiger partial charge in [0.15, 0.2) is 40.4 Å². The maximum atomic E-state index is 10.3. The number of nitrogens with one attached hydrogen (secondary N) is 2. The molecule has 3 aromatic carbocycles. The van der Waals surface area contributed by atoms with Gasteiger partial charge in [-0.3, -0.25) is 14.2 Å². The lowest BCUT2D eigenvalue weighted by Gasteiger charge is -2.34. The molecule has 0 unspecified atom stereocenters. The van der Waals surface area contributed by atoms with Crippen molar-refractivity contribution in [3.8, 4) is 0 Å². The standard InChI is InChI=1S/C23H22N4.C7H15N.C7H14O2.C6H10N2.2C5H10N4.C5H8N2O2.2C4H8N4/c1-18(2)22-24-26-27(25-22)23(19-12-6-3-7-13-19,20-14-8-4-9-15-20)21-16-10-5-11-17-21;1-7(2)8-5-3-4-6-8;1-6(2)7(3)8-4-5-9-7;1-6(2)8-5-3-4-7-8;1-4(2)5-6-7-8-9(5)3;1-4(2)5-6-8-9(3)7-5;1-3(2)4-6-5(8)9-7-4;1-4(2)8-3-5-6-7-8;1-3(2)4-5-7-8-6-4/h3-18H,1-2H3;7H,3-6H2,1-2H3;6H,4-5H2,1-3H3;3-6H,1-2H3;2*4H,1-3H3;3H,1-2H3,(H,6,7,8);3-4H,1-2H3;3H,1-2H3,(H,5,6,7,8). The summed E-state index contributed by atoms with van der Waals surface area (Å²) in [6.07, 6.45) is 8.19. The van der Waals surface area contributed by atoms with E-state index in [0.717, 1.165) is 59.2 Å². The first-order valence-electron chi connectivity index (χ1n) is 32.7. The molecule has 0 amide bonds. The first-order chi connectivity index (χ1) is 45.2. The first-order valence-corrected chi connectivity index (χ1v) is 32.7. The number of rotatable bonds is 13. The quantitative estimate of drug-likeness (QED) is 0.101. The number of hydrogen-bond acceptors (Lipinski definition) is 22. The van der Waals surface area contributed by atoms with Gasteiger partial charge in [-0.1, -0.05) is 184 Å². The number of tetrazole rings is 5. The van der Waals surface area contributed by atoms with Gasteiger partial charge in [-0.25, -0.2) is 14.2 Å². The molecule has 7 aromatic heterocycles. The Morgan fingerprint density at radius 2 is 1.07 bits per heavy atom. The van der Waals surface area contributed by atoms with Crippen LogP contribution in [0.1, 0.15) is 232 Å². The molecule has 2 N–H and O–H groups in total. The first kappa shape index (κ1) is 78.5. The summed E-state index contributed by atoms with van der Waals surface area (Å²) in [6, 6.07) is 34.7. The van der Waals surface area contributed by atoms with Crippen LogP contribution in [0.3, 0.4) is 0 Å². The zero-order chi connectivity index (χ0) is 70.1. The molecule has 2 aliphatic rings. The van der Waals surface area contributed by atoms with Crippen molar-refractivity contribution in [2.75, 3.05) is 26.3 Å². The molecule has 9 heterocycles. The fourth-order valence-corrected chi connectivity index (χ4v) is 8.76. The molecule has 0 atom stereocenters. The fourth-order valence-electron chi connectivity index (χ4n) is 8.76. The Bertz CT molecular complexity index is 3360. The molecule has 2 fully saturated rings. The van der Waals surface area contributed by atoms with Crippen LogP contribution in [0.15, 0.2) is 125 Å². The van der Waals surface area contributed by atoms with E-state index >= 15 is 0 Å². The van der Waals surface area contributed by atoms with Gasteiger partial charge in [0.25, 0.3) is 0 Å². The molecule has 29 nitrogen and oxygen atoms in total. The summed E-state index contributed by atoms with van der Waals surface area (Å²) >= 11 is 0. The lowest BCUT2D eigenvalue weighted by atomic mass is 9.77. The van der Waals surface area contributed by atoms with E-state index in [9.17, 15) is 4.79 Å². The Morgan fingerprint density at radius 3 is 1.34 bits per heavy atom. The third kappa shape index (κ3) is 25.7. The highest BCUT2D eigenvalue weighted by molar-refractivity contribution is 5.49. The van der Waals surface area contributed by atoms with E-state index in [-0.39, 0.29) is 17.6 Å². The van der Waals surface area contributed by atoms with Crippen molar-refractivity contribution in [3.05, 3.63) is 172 Å². The van der Waals surface area contributed by atoms with E-state index in [1.54, 1.807) is 33.7 Å². The van der Waals surface area contributed by atoms with Crippen molar-refractivity contribution < 1.29 is 14.0 Å². The number of benzene rings is 3. The SMILES string of the molecule is CC(C)C1(C)OCCO1.CC(C)N1CCCC1.CC(C)c1nn[nH]n1.CC(C)c1nnn(C(c2ccccc2)(c2ccccc2)c2ccccc2)n1.CC(C)c1nnn(C)n1.CC(C)c1nnnn1C.CC(C)c1noc(=O)[nH]1.CC(C)n1cccn1.CC(C)n1cnnn1. The zero-order valence-corrected chi connectivity index (χ0v) is 59.8. The molecule has 10 aromatic rings. The molecular weight excluding hydrogens is 1210 g/mol.